The average molecular weight is 413 g/mol. The zero-order chi connectivity index (χ0) is 21.5. The predicted octanol–water partition coefficient (Wildman–Crippen LogP) is 3.62. The van der Waals surface area contributed by atoms with Gasteiger partial charge in [0.15, 0.2) is 11.5 Å². The molecule has 1 aliphatic rings. The second-order valence-corrected chi connectivity index (χ2v) is 6.99. The molecule has 1 amide bonds. The number of carbonyl (C=O) groups excluding carboxylic acids is 2. The van der Waals surface area contributed by atoms with E-state index in [0.29, 0.717) is 30.2 Å². The van der Waals surface area contributed by atoms with Crippen molar-refractivity contribution >= 4 is 11.9 Å². The fraction of sp³-hybridized carbons (Fsp3) is 0.391. The minimum atomic E-state index is -1.03. The van der Waals surface area contributed by atoms with Crippen LogP contribution in [0, 0.1) is 0 Å². The lowest BCUT2D eigenvalue weighted by Crippen LogP contribution is -2.40. The van der Waals surface area contributed by atoms with E-state index in [1.807, 2.05) is 18.2 Å². The first-order valence-electron chi connectivity index (χ1n) is 9.93. The number of nitrogens with zero attached hydrogens (tertiary/aromatic N) is 1. The molecular weight excluding hydrogens is 386 g/mol. The maximum absolute atomic E-state index is 13.2. The van der Waals surface area contributed by atoms with Gasteiger partial charge in [-0.05, 0) is 19.3 Å². The third-order valence-corrected chi connectivity index (χ3v) is 5.14. The first kappa shape index (κ1) is 21.5. The first-order chi connectivity index (χ1) is 14.6. The van der Waals surface area contributed by atoms with E-state index in [1.165, 1.54) is 27.4 Å². The van der Waals surface area contributed by atoms with Crippen LogP contribution in [-0.2, 0) is 9.53 Å². The molecule has 3 rings (SSSR count). The van der Waals surface area contributed by atoms with Gasteiger partial charge >= 0.3 is 5.97 Å². The Kier molecular flexibility index (Phi) is 7.17. The van der Waals surface area contributed by atoms with E-state index in [4.69, 9.17) is 18.9 Å². The van der Waals surface area contributed by atoms with Crippen LogP contribution >= 0.6 is 0 Å². The standard InChI is InChI=1S/C23H27NO6/c1-27-18-15-20(29-3)19(28-2)14-17(18)23(26)30-21(16-10-6-4-7-11-16)22(25)24-12-8-5-9-13-24/h4,6-7,10-11,14-15,21H,5,8-9,12-13H2,1-3H3. The van der Waals surface area contributed by atoms with Crippen LogP contribution in [0.1, 0.15) is 41.3 Å². The number of rotatable bonds is 7. The number of hydrogen-bond acceptors (Lipinski definition) is 6. The van der Waals surface area contributed by atoms with Crippen LogP contribution in [-0.4, -0.2) is 51.2 Å². The Hall–Kier alpha value is -3.22. The highest BCUT2D eigenvalue weighted by Crippen LogP contribution is 2.36. The number of likely N-dealkylation sites (tertiary alicyclic amines) is 1. The second-order valence-electron chi connectivity index (χ2n) is 6.99. The Morgan fingerprint density at radius 2 is 1.43 bits per heavy atom. The molecule has 0 saturated carbocycles. The van der Waals surface area contributed by atoms with E-state index in [2.05, 4.69) is 0 Å². The van der Waals surface area contributed by atoms with Crippen molar-refractivity contribution in [2.45, 2.75) is 25.4 Å². The molecule has 0 aliphatic carbocycles. The highest BCUT2D eigenvalue weighted by atomic mass is 16.6. The van der Waals surface area contributed by atoms with Crippen molar-refractivity contribution in [1.82, 2.24) is 4.90 Å². The van der Waals surface area contributed by atoms with Gasteiger partial charge in [0.05, 0.1) is 21.3 Å². The number of amides is 1. The summed E-state index contributed by atoms with van der Waals surface area (Å²) in [5.41, 5.74) is 0.781. The molecular formula is C23H27NO6. The van der Waals surface area contributed by atoms with Crippen LogP contribution in [0.5, 0.6) is 17.2 Å². The maximum Gasteiger partial charge on any atom is 0.343 e. The van der Waals surface area contributed by atoms with Gasteiger partial charge < -0.3 is 23.8 Å². The summed E-state index contributed by atoms with van der Waals surface area (Å²) in [7, 11) is 4.43. The Morgan fingerprint density at radius 3 is 2.03 bits per heavy atom. The molecule has 160 valence electrons. The van der Waals surface area contributed by atoms with Gasteiger partial charge in [-0.2, -0.15) is 0 Å². The highest BCUT2D eigenvalue weighted by Gasteiger charge is 2.31. The predicted molar refractivity (Wildman–Crippen MR) is 111 cm³/mol. The van der Waals surface area contributed by atoms with E-state index in [0.717, 1.165) is 19.3 Å². The fourth-order valence-electron chi connectivity index (χ4n) is 3.53. The summed E-state index contributed by atoms with van der Waals surface area (Å²) in [5, 5.41) is 0. The molecule has 1 fully saturated rings. The molecule has 0 bridgehead atoms. The molecule has 7 heteroatoms. The molecule has 1 aliphatic heterocycles. The smallest absolute Gasteiger partial charge is 0.343 e. The van der Waals surface area contributed by atoms with Crippen molar-refractivity contribution < 1.29 is 28.5 Å². The van der Waals surface area contributed by atoms with Crippen molar-refractivity contribution in [1.29, 1.82) is 0 Å². The summed E-state index contributed by atoms with van der Waals surface area (Å²) in [6, 6.07) is 12.1. The van der Waals surface area contributed by atoms with Gasteiger partial charge in [0.25, 0.3) is 5.91 Å². The Morgan fingerprint density at radius 1 is 0.833 bits per heavy atom. The highest BCUT2D eigenvalue weighted by molar-refractivity contribution is 5.96. The summed E-state index contributed by atoms with van der Waals surface area (Å²) in [6.45, 7) is 1.33. The van der Waals surface area contributed by atoms with E-state index in [9.17, 15) is 9.59 Å². The van der Waals surface area contributed by atoms with Crippen LogP contribution in [0.4, 0.5) is 0 Å². The zero-order valence-corrected chi connectivity index (χ0v) is 17.6. The number of methoxy groups -OCH3 is 3. The number of hydrogen-bond donors (Lipinski definition) is 0. The van der Waals surface area contributed by atoms with Crippen molar-refractivity contribution in [3.8, 4) is 17.2 Å². The van der Waals surface area contributed by atoms with Gasteiger partial charge in [0, 0.05) is 30.8 Å². The fourth-order valence-corrected chi connectivity index (χ4v) is 3.53. The summed E-state index contributed by atoms with van der Waals surface area (Å²) in [5.74, 6) is 0.175. The number of esters is 1. The monoisotopic (exact) mass is 413 g/mol. The van der Waals surface area contributed by atoms with Crippen LogP contribution in [0.15, 0.2) is 42.5 Å². The van der Waals surface area contributed by atoms with Gasteiger partial charge in [-0.15, -0.1) is 0 Å². The zero-order valence-electron chi connectivity index (χ0n) is 17.6. The van der Waals surface area contributed by atoms with Gasteiger partial charge in [0.2, 0.25) is 6.10 Å². The third kappa shape index (κ3) is 4.67. The van der Waals surface area contributed by atoms with E-state index in [1.54, 1.807) is 23.1 Å². The first-order valence-corrected chi connectivity index (χ1v) is 9.93. The van der Waals surface area contributed by atoms with Gasteiger partial charge in [-0.25, -0.2) is 4.79 Å². The van der Waals surface area contributed by atoms with E-state index >= 15 is 0 Å². The molecule has 0 N–H and O–H groups in total. The molecule has 1 saturated heterocycles. The minimum Gasteiger partial charge on any atom is -0.496 e. The number of ether oxygens (including phenoxy) is 4. The molecule has 2 aromatic rings. The van der Waals surface area contributed by atoms with Crippen LogP contribution < -0.4 is 14.2 Å². The lowest BCUT2D eigenvalue weighted by Gasteiger charge is -2.30. The molecule has 7 nitrogen and oxygen atoms in total. The molecule has 0 radical (unpaired) electrons. The summed E-state index contributed by atoms with van der Waals surface area (Å²) in [4.78, 5) is 28.1. The number of benzene rings is 2. The maximum atomic E-state index is 13.2. The SMILES string of the molecule is COc1cc(OC)c(C(=O)OC(C(=O)N2CCCCC2)c2ccccc2)cc1OC. The summed E-state index contributed by atoms with van der Waals surface area (Å²) < 4.78 is 21.6. The largest absolute Gasteiger partial charge is 0.496 e. The van der Waals surface area contributed by atoms with Crippen LogP contribution in [0.3, 0.4) is 0 Å². The molecule has 1 unspecified atom stereocenters. The molecule has 30 heavy (non-hydrogen) atoms. The normalized spacial score (nSPS) is 14.6. The van der Waals surface area contributed by atoms with Gasteiger partial charge in [-0.3, -0.25) is 4.79 Å². The van der Waals surface area contributed by atoms with Crippen molar-refractivity contribution in [2.75, 3.05) is 34.4 Å². The Balaban J connectivity index is 1.92. The quantitative estimate of drug-likeness (QED) is 0.646. The second kappa shape index (κ2) is 10.0. The molecule has 2 aromatic carbocycles. The third-order valence-electron chi connectivity index (χ3n) is 5.14. The molecule has 1 heterocycles. The van der Waals surface area contributed by atoms with Crippen LogP contribution in [0.25, 0.3) is 0 Å². The van der Waals surface area contributed by atoms with Crippen LogP contribution in [0.2, 0.25) is 0 Å². The summed E-state index contributed by atoms with van der Waals surface area (Å²) >= 11 is 0. The minimum absolute atomic E-state index is 0.155. The van der Waals surface area contributed by atoms with Crippen molar-refractivity contribution in [3.05, 3.63) is 53.6 Å². The molecule has 0 aromatic heterocycles. The van der Waals surface area contributed by atoms with Crippen molar-refractivity contribution in [2.24, 2.45) is 0 Å². The van der Waals surface area contributed by atoms with Gasteiger partial charge in [0.1, 0.15) is 11.3 Å². The van der Waals surface area contributed by atoms with Crippen molar-refractivity contribution in [3.63, 3.8) is 0 Å². The summed E-state index contributed by atoms with van der Waals surface area (Å²) in [6.07, 6.45) is 1.97. The molecule has 0 spiro atoms. The van der Waals surface area contributed by atoms with Gasteiger partial charge in [-0.1, -0.05) is 30.3 Å². The van der Waals surface area contributed by atoms with E-state index < -0.39 is 12.1 Å². The number of carbonyl (C=O) groups is 2. The average Bonchev–Trinajstić information content (AvgIpc) is 2.82. The van der Waals surface area contributed by atoms with E-state index in [-0.39, 0.29) is 17.2 Å². The Labute approximate surface area is 176 Å². The lowest BCUT2D eigenvalue weighted by molar-refractivity contribution is -0.142. The topological polar surface area (TPSA) is 74.3 Å². The lowest BCUT2D eigenvalue weighted by atomic mass is 10.1. The molecule has 1 atom stereocenters. The Bertz CT molecular complexity index is 877. The number of piperidine rings is 1.